The molecule has 0 amide bonds. The molecule has 1 saturated carbocycles. The van der Waals surface area contributed by atoms with E-state index in [4.69, 9.17) is 0 Å². The lowest BCUT2D eigenvalue weighted by Crippen LogP contribution is -2.34. The van der Waals surface area contributed by atoms with Gasteiger partial charge in [0.25, 0.3) is 0 Å². The summed E-state index contributed by atoms with van der Waals surface area (Å²) in [6.07, 6.45) is 22.2. The normalized spacial score (nSPS) is 23.7. The van der Waals surface area contributed by atoms with Crippen LogP contribution in [0.5, 0.6) is 0 Å². The third-order valence-corrected chi connectivity index (χ3v) is 15.8. The number of fused-ring (bicyclic) bond motifs is 2. The van der Waals surface area contributed by atoms with Crippen LogP contribution in [0.15, 0.2) is 217 Å². The Morgan fingerprint density at radius 2 is 1.05 bits per heavy atom. The molecule has 5 atom stereocenters. The predicted octanol–water partition coefficient (Wildman–Crippen LogP) is 16.9. The van der Waals surface area contributed by atoms with Gasteiger partial charge in [0.1, 0.15) is 0 Å². The van der Waals surface area contributed by atoms with Crippen molar-refractivity contribution in [1.82, 2.24) is 0 Å². The minimum atomic E-state index is 0.0444. The van der Waals surface area contributed by atoms with E-state index in [0.29, 0.717) is 11.8 Å². The molecule has 0 N–H and O–H groups in total. The lowest BCUT2D eigenvalue weighted by atomic mass is 9.54. The number of hydrogen-bond donors (Lipinski definition) is 0. The average molecular weight is 832 g/mol. The van der Waals surface area contributed by atoms with Gasteiger partial charge in [0.2, 0.25) is 0 Å². The van der Waals surface area contributed by atoms with E-state index in [-0.39, 0.29) is 23.2 Å². The second kappa shape index (κ2) is 17.4. The van der Waals surface area contributed by atoms with Gasteiger partial charge < -0.3 is 4.90 Å². The monoisotopic (exact) mass is 831 g/mol. The smallest absolute Gasteiger partial charge is 0.0461 e. The molecule has 6 aromatic rings. The van der Waals surface area contributed by atoms with E-state index in [2.05, 4.69) is 213 Å². The van der Waals surface area contributed by atoms with E-state index in [0.717, 1.165) is 32.1 Å². The van der Waals surface area contributed by atoms with Crippen molar-refractivity contribution < 1.29 is 0 Å². The van der Waals surface area contributed by atoms with Gasteiger partial charge in [0.15, 0.2) is 0 Å². The van der Waals surface area contributed by atoms with Crippen molar-refractivity contribution in [2.45, 2.75) is 107 Å². The second-order valence-electron chi connectivity index (χ2n) is 19.6. The summed E-state index contributed by atoms with van der Waals surface area (Å²) in [4.78, 5) is 2.64. The summed E-state index contributed by atoms with van der Waals surface area (Å²) >= 11 is 0. The van der Waals surface area contributed by atoms with Crippen molar-refractivity contribution in [2.75, 3.05) is 4.90 Å². The molecule has 5 aliphatic carbocycles. The fraction of sp³-hybridized carbons (Fsp3) is 0.270. The van der Waals surface area contributed by atoms with Gasteiger partial charge in [-0.3, -0.25) is 0 Å². The first kappa shape index (κ1) is 40.6. The Bertz CT molecular complexity index is 2780. The Hall–Kier alpha value is -6.18. The second-order valence-corrected chi connectivity index (χ2v) is 19.6. The van der Waals surface area contributed by atoms with Gasteiger partial charge >= 0.3 is 0 Å². The summed E-state index contributed by atoms with van der Waals surface area (Å²) in [5, 5.41) is 0. The average Bonchev–Trinajstić information content (AvgIpc) is 3.60. The molecule has 11 rings (SSSR count). The number of nitrogens with zero attached hydrogens (tertiary/aromatic N) is 1. The molecule has 0 aliphatic heterocycles. The Kier molecular flexibility index (Phi) is 11.0. The highest BCUT2D eigenvalue weighted by molar-refractivity contribution is 5.83. The Morgan fingerprint density at radius 1 is 0.469 bits per heavy atom. The third-order valence-electron chi connectivity index (χ3n) is 15.8. The summed E-state index contributed by atoms with van der Waals surface area (Å²) in [7, 11) is 0. The maximum Gasteiger partial charge on any atom is 0.0461 e. The Labute approximate surface area is 382 Å². The lowest BCUT2D eigenvalue weighted by Gasteiger charge is -2.49. The van der Waals surface area contributed by atoms with Gasteiger partial charge in [0.05, 0.1) is 0 Å². The van der Waals surface area contributed by atoms with E-state index in [1.165, 1.54) is 92.8 Å². The van der Waals surface area contributed by atoms with Gasteiger partial charge in [-0.2, -0.15) is 0 Å². The zero-order valence-electron chi connectivity index (χ0n) is 37.7. The predicted molar refractivity (Wildman–Crippen MR) is 269 cm³/mol. The van der Waals surface area contributed by atoms with Crippen LogP contribution in [0.2, 0.25) is 0 Å². The summed E-state index contributed by atoms with van der Waals surface area (Å²) in [5.41, 5.74) is 20.4. The van der Waals surface area contributed by atoms with Gasteiger partial charge in [-0.25, -0.2) is 0 Å². The lowest BCUT2D eigenvalue weighted by molar-refractivity contribution is 0.264. The van der Waals surface area contributed by atoms with Crippen molar-refractivity contribution in [1.29, 1.82) is 0 Å². The molecule has 0 radical (unpaired) electrons. The first-order chi connectivity index (χ1) is 31.5. The quantitative estimate of drug-likeness (QED) is 0.140. The van der Waals surface area contributed by atoms with Gasteiger partial charge in [-0.1, -0.05) is 183 Å². The topological polar surface area (TPSA) is 3.24 Å². The molecule has 1 fully saturated rings. The largest absolute Gasteiger partial charge is 0.314 e. The van der Waals surface area contributed by atoms with E-state index in [1.807, 2.05) is 0 Å². The molecule has 1 nitrogen and oxygen atoms in total. The minimum Gasteiger partial charge on any atom is -0.314 e. The number of anilines is 2. The van der Waals surface area contributed by atoms with Crippen molar-refractivity contribution >= 4 is 16.9 Å². The molecule has 6 aromatic carbocycles. The number of hydrogen-bond acceptors (Lipinski definition) is 1. The van der Waals surface area contributed by atoms with E-state index in [1.54, 1.807) is 11.1 Å². The van der Waals surface area contributed by atoms with Crippen molar-refractivity contribution in [2.24, 2.45) is 0 Å². The standard InChI is InChI=1S/C63H61N/c1-63(2)58-34-19-18-33-54(58)55-40-39-53(42-59(55)63)64(51-37-35-45(36-38-51)44-21-8-3-9-22-44)52-32-20-31-50(41-52)57-43-56(46-23-10-4-11-24-46)60(47-25-12-5-13-26-47)62(49-29-16-7-17-30-49)61(57)48-27-14-6-15-28-48/h3-8,10-17,20-21,23-32,35,37,39-42,56-57,60-62H,9,18-19,22,33-34,36,38,43H2,1-2H3. The van der Waals surface area contributed by atoms with Gasteiger partial charge in [0, 0.05) is 22.5 Å². The summed E-state index contributed by atoms with van der Waals surface area (Å²) in [6, 6.07) is 63.1. The minimum absolute atomic E-state index is 0.0444. The summed E-state index contributed by atoms with van der Waals surface area (Å²) in [6.45, 7) is 4.97. The highest BCUT2D eigenvalue weighted by Gasteiger charge is 2.48. The van der Waals surface area contributed by atoms with Crippen LogP contribution in [-0.2, 0) is 5.41 Å². The molecule has 0 spiro atoms. The van der Waals surface area contributed by atoms with Crippen molar-refractivity contribution in [3.05, 3.63) is 256 Å². The molecule has 0 bridgehead atoms. The zero-order valence-corrected chi connectivity index (χ0v) is 37.7. The molecular formula is C63H61N. The van der Waals surface area contributed by atoms with Crippen molar-refractivity contribution in [3.63, 3.8) is 0 Å². The molecule has 0 saturated heterocycles. The van der Waals surface area contributed by atoms with E-state index >= 15 is 0 Å². The fourth-order valence-corrected chi connectivity index (χ4v) is 12.8. The number of rotatable bonds is 9. The van der Waals surface area contributed by atoms with Crippen LogP contribution in [0.3, 0.4) is 0 Å². The molecule has 318 valence electrons. The van der Waals surface area contributed by atoms with Gasteiger partial charge in [-0.05, 0) is 173 Å². The van der Waals surface area contributed by atoms with Crippen LogP contribution in [0.25, 0.3) is 5.57 Å². The molecule has 5 aliphatic rings. The number of benzene rings is 6. The van der Waals surface area contributed by atoms with Crippen LogP contribution in [0.1, 0.15) is 140 Å². The van der Waals surface area contributed by atoms with E-state index in [9.17, 15) is 0 Å². The number of allylic oxidation sites excluding steroid dienone is 10. The molecule has 64 heavy (non-hydrogen) atoms. The Balaban J connectivity index is 1.08. The van der Waals surface area contributed by atoms with Crippen LogP contribution in [0.4, 0.5) is 11.4 Å². The SMILES string of the molecule is CC1(C)C2=C(CCCC2)c2ccc(N(C3=CC=C(C4=CC=CCC4)CC3)c3cccc(C4CC(c5ccccc5)C(c5ccccc5)C(c5ccccc5)C4c4ccccc4)c3)cc21. The van der Waals surface area contributed by atoms with Crippen LogP contribution in [-0.4, -0.2) is 0 Å². The van der Waals surface area contributed by atoms with E-state index < -0.39 is 0 Å². The maximum absolute atomic E-state index is 2.64. The van der Waals surface area contributed by atoms with Gasteiger partial charge in [-0.15, -0.1) is 0 Å². The van der Waals surface area contributed by atoms with Crippen LogP contribution in [0, 0.1) is 0 Å². The third kappa shape index (κ3) is 7.47. The first-order valence-electron chi connectivity index (χ1n) is 24.3. The maximum atomic E-state index is 2.64. The molecule has 1 heteroatoms. The summed E-state index contributed by atoms with van der Waals surface area (Å²) < 4.78 is 0. The van der Waals surface area contributed by atoms with Crippen LogP contribution >= 0.6 is 0 Å². The molecule has 5 unspecified atom stereocenters. The first-order valence-corrected chi connectivity index (χ1v) is 24.3. The summed E-state index contributed by atoms with van der Waals surface area (Å²) in [5.74, 6) is 1.40. The zero-order chi connectivity index (χ0) is 43.0. The molecule has 0 aromatic heterocycles. The van der Waals surface area contributed by atoms with Crippen molar-refractivity contribution in [3.8, 4) is 0 Å². The fourth-order valence-electron chi connectivity index (χ4n) is 12.8. The Morgan fingerprint density at radius 3 is 1.67 bits per heavy atom. The molecular weight excluding hydrogens is 771 g/mol. The molecule has 0 heterocycles. The highest BCUT2D eigenvalue weighted by Crippen LogP contribution is 2.62. The van der Waals surface area contributed by atoms with Crippen LogP contribution < -0.4 is 4.90 Å². The highest BCUT2D eigenvalue weighted by atomic mass is 15.1.